The number of carbonyl (C=O) groups excluding carboxylic acids is 1. The van der Waals surface area contributed by atoms with Gasteiger partial charge in [0.2, 0.25) is 0 Å². The van der Waals surface area contributed by atoms with E-state index in [-0.39, 0.29) is 12.0 Å². The first-order valence-corrected chi connectivity index (χ1v) is 7.20. The second-order valence-corrected chi connectivity index (χ2v) is 6.34. The molecule has 120 valence electrons. The van der Waals surface area contributed by atoms with E-state index in [0.717, 1.165) is 5.56 Å². The maximum atomic E-state index is 14.3. The lowest BCUT2D eigenvalue weighted by Crippen LogP contribution is -2.38. The Kier molecular flexibility index (Phi) is 4.39. The van der Waals surface area contributed by atoms with Crippen molar-refractivity contribution in [3.05, 3.63) is 34.6 Å². The molecule has 1 N–H and O–H groups in total. The van der Waals surface area contributed by atoms with E-state index >= 15 is 0 Å². The fourth-order valence-electron chi connectivity index (χ4n) is 2.45. The Hall–Kier alpha value is -2.11. The van der Waals surface area contributed by atoms with Crippen LogP contribution in [0.2, 0.25) is 0 Å². The zero-order chi connectivity index (χ0) is 16.5. The van der Waals surface area contributed by atoms with Crippen LogP contribution in [0.3, 0.4) is 0 Å². The number of ether oxygens (including phenoxy) is 1. The molecule has 2 rings (SSSR count). The highest BCUT2D eigenvalue weighted by molar-refractivity contribution is 5.88. The minimum absolute atomic E-state index is 0.279. The summed E-state index contributed by atoms with van der Waals surface area (Å²) >= 11 is 0. The van der Waals surface area contributed by atoms with Gasteiger partial charge < -0.3 is 14.7 Å². The summed E-state index contributed by atoms with van der Waals surface area (Å²) < 4.78 is 19.6. The Morgan fingerprint density at radius 3 is 2.45 bits per heavy atom. The van der Waals surface area contributed by atoms with E-state index in [2.05, 4.69) is 0 Å². The Balaban J connectivity index is 2.18. The molecular formula is C16H20FNO4. The van der Waals surface area contributed by atoms with Crippen molar-refractivity contribution in [1.82, 2.24) is 4.90 Å². The smallest absolute Gasteiger partial charge is 0.410 e. The fraction of sp³-hybridized carbons (Fsp3) is 0.500. The summed E-state index contributed by atoms with van der Waals surface area (Å²) in [6, 6.07) is 2.90. The van der Waals surface area contributed by atoms with Gasteiger partial charge in [0, 0.05) is 13.1 Å². The van der Waals surface area contributed by atoms with Crippen molar-refractivity contribution in [2.45, 2.75) is 39.2 Å². The van der Waals surface area contributed by atoms with Crippen LogP contribution in [-0.4, -0.2) is 40.8 Å². The first-order valence-electron chi connectivity index (χ1n) is 7.20. The number of hydrogen-bond acceptors (Lipinski definition) is 3. The lowest BCUT2D eigenvalue weighted by Gasteiger charge is -2.26. The van der Waals surface area contributed by atoms with E-state index in [4.69, 9.17) is 9.84 Å². The van der Waals surface area contributed by atoms with Crippen molar-refractivity contribution >= 4 is 12.1 Å². The standard InChI is InChI=1S/C16H20FNO4/c1-16(2,3)22-15(21)18-8-6-10-4-5-12(14(19)20)13(17)11(10)7-9-18/h4-5H,6-9H2,1-3H3,(H,19,20). The number of carboxylic acid groups (broad SMARTS) is 1. The number of hydrogen-bond donors (Lipinski definition) is 1. The summed E-state index contributed by atoms with van der Waals surface area (Å²) in [5.41, 5.74) is 0.210. The second-order valence-electron chi connectivity index (χ2n) is 6.34. The highest BCUT2D eigenvalue weighted by Crippen LogP contribution is 2.23. The molecule has 0 radical (unpaired) electrons. The van der Waals surface area contributed by atoms with Gasteiger partial charge >= 0.3 is 12.1 Å². The quantitative estimate of drug-likeness (QED) is 0.866. The molecule has 6 heteroatoms. The van der Waals surface area contributed by atoms with Crippen LogP contribution in [0.4, 0.5) is 9.18 Å². The van der Waals surface area contributed by atoms with Crippen LogP contribution in [0.15, 0.2) is 12.1 Å². The third-order valence-corrected chi connectivity index (χ3v) is 3.51. The molecule has 1 aliphatic rings. The molecule has 1 amide bonds. The van der Waals surface area contributed by atoms with E-state index in [1.54, 1.807) is 26.8 Å². The predicted octanol–water partition coefficient (Wildman–Crippen LogP) is 2.86. The van der Waals surface area contributed by atoms with Crippen molar-refractivity contribution < 1.29 is 23.8 Å². The Bertz CT molecular complexity index is 607. The van der Waals surface area contributed by atoms with Crippen LogP contribution >= 0.6 is 0 Å². The van der Waals surface area contributed by atoms with Crippen LogP contribution in [0.5, 0.6) is 0 Å². The highest BCUT2D eigenvalue weighted by Gasteiger charge is 2.26. The Morgan fingerprint density at radius 1 is 1.23 bits per heavy atom. The SMILES string of the molecule is CC(C)(C)OC(=O)N1CCc2ccc(C(=O)O)c(F)c2CC1. The number of amides is 1. The maximum Gasteiger partial charge on any atom is 0.410 e. The zero-order valence-corrected chi connectivity index (χ0v) is 13.0. The molecule has 1 aromatic rings. The predicted molar refractivity (Wildman–Crippen MR) is 78.6 cm³/mol. The highest BCUT2D eigenvalue weighted by atomic mass is 19.1. The molecular weight excluding hydrogens is 289 g/mol. The normalized spacial score (nSPS) is 15.0. The number of fused-ring (bicyclic) bond motifs is 1. The average Bonchev–Trinajstić information content (AvgIpc) is 2.59. The van der Waals surface area contributed by atoms with Crippen LogP contribution < -0.4 is 0 Å². The number of nitrogens with zero attached hydrogens (tertiary/aromatic N) is 1. The number of aromatic carboxylic acids is 1. The van der Waals surface area contributed by atoms with E-state index in [1.807, 2.05) is 0 Å². The van der Waals surface area contributed by atoms with Crippen LogP contribution in [0.1, 0.15) is 42.3 Å². The molecule has 0 saturated heterocycles. The summed E-state index contributed by atoms with van der Waals surface area (Å²) in [6.45, 7) is 6.10. The maximum absolute atomic E-state index is 14.3. The van der Waals surface area contributed by atoms with Crippen LogP contribution in [0.25, 0.3) is 0 Å². The lowest BCUT2D eigenvalue weighted by atomic mass is 9.99. The van der Waals surface area contributed by atoms with Crippen LogP contribution in [-0.2, 0) is 17.6 Å². The summed E-state index contributed by atoms with van der Waals surface area (Å²) in [4.78, 5) is 24.6. The Morgan fingerprint density at radius 2 is 1.86 bits per heavy atom. The third-order valence-electron chi connectivity index (χ3n) is 3.51. The molecule has 0 fully saturated rings. The zero-order valence-electron chi connectivity index (χ0n) is 13.0. The fourth-order valence-corrected chi connectivity index (χ4v) is 2.45. The molecule has 1 aliphatic heterocycles. The first-order chi connectivity index (χ1) is 10.2. The van der Waals surface area contributed by atoms with Crippen molar-refractivity contribution in [1.29, 1.82) is 0 Å². The molecule has 0 aliphatic carbocycles. The number of rotatable bonds is 1. The molecule has 22 heavy (non-hydrogen) atoms. The minimum Gasteiger partial charge on any atom is -0.478 e. The van der Waals surface area contributed by atoms with Gasteiger partial charge in [-0.15, -0.1) is 0 Å². The molecule has 1 aromatic carbocycles. The van der Waals surface area contributed by atoms with E-state index in [0.29, 0.717) is 25.1 Å². The van der Waals surface area contributed by atoms with Crippen molar-refractivity contribution in [2.75, 3.05) is 13.1 Å². The van der Waals surface area contributed by atoms with Gasteiger partial charge in [0.15, 0.2) is 0 Å². The van der Waals surface area contributed by atoms with Crippen LogP contribution in [0, 0.1) is 5.82 Å². The van der Waals surface area contributed by atoms with Crippen molar-refractivity contribution in [3.63, 3.8) is 0 Å². The monoisotopic (exact) mass is 309 g/mol. The van der Waals surface area contributed by atoms with Gasteiger partial charge in [-0.1, -0.05) is 6.07 Å². The largest absolute Gasteiger partial charge is 0.478 e. The second kappa shape index (κ2) is 5.94. The van der Waals surface area contributed by atoms with Gasteiger partial charge in [0.1, 0.15) is 11.4 Å². The topological polar surface area (TPSA) is 66.8 Å². The molecule has 0 atom stereocenters. The van der Waals surface area contributed by atoms with Gasteiger partial charge in [-0.05, 0) is 50.8 Å². The molecule has 0 aromatic heterocycles. The first kappa shape index (κ1) is 16.3. The van der Waals surface area contributed by atoms with Crippen molar-refractivity contribution in [2.24, 2.45) is 0 Å². The summed E-state index contributed by atoms with van der Waals surface area (Å²) in [5, 5.41) is 8.98. The number of carbonyl (C=O) groups is 2. The lowest BCUT2D eigenvalue weighted by molar-refractivity contribution is 0.0258. The van der Waals surface area contributed by atoms with E-state index in [9.17, 15) is 14.0 Å². The van der Waals surface area contributed by atoms with E-state index in [1.165, 1.54) is 11.0 Å². The number of halogens is 1. The molecule has 0 saturated carbocycles. The molecule has 1 heterocycles. The van der Waals surface area contributed by atoms with Gasteiger partial charge in [-0.25, -0.2) is 14.0 Å². The van der Waals surface area contributed by atoms with E-state index < -0.39 is 23.5 Å². The molecule has 0 bridgehead atoms. The number of carboxylic acids is 1. The van der Waals surface area contributed by atoms with Gasteiger partial charge in [0.25, 0.3) is 0 Å². The molecule has 0 unspecified atom stereocenters. The molecule has 0 spiro atoms. The third kappa shape index (κ3) is 3.55. The van der Waals surface area contributed by atoms with Gasteiger partial charge in [-0.3, -0.25) is 0 Å². The average molecular weight is 309 g/mol. The van der Waals surface area contributed by atoms with Gasteiger partial charge in [0.05, 0.1) is 5.56 Å². The summed E-state index contributed by atoms with van der Waals surface area (Å²) in [5.74, 6) is -1.98. The summed E-state index contributed by atoms with van der Waals surface area (Å²) in [7, 11) is 0. The number of benzene rings is 1. The minimum atomic E-state index is -1.28. The summed E-state index contributed by atoms with van der Waals surface area (Å²) in [6.07, 6.45) is 0.326. The Labute approximate surface area is 128 Å². The molecule has 5 nitrogen and oxygen atoms in total. The van der Waals surface area contributed by atoms with Crippen molar-refractivity contribution in [3.8, 4) is 0 Å². The van der Waals surface area contributed by atoms with Gasteiger partial charge in [-0.2, -0.15) is 0 Å².